The summed E-state index contributed by atoms with van der Waals surface area (Å²) in [5.74, 6) is -0.419. The number of esters is 1. The number of hydrogen-bond donors (Lipinski definition) is 0. The number of ether oxygens (including phenoxy) is 1. The molecule has 180 valence electrons. The van der Waals surface area contributed by atoms with Crippen molar-refractivity contribution < 1.29 is 14.3 Å². The molecule has 0 spiro atoms. The minimum atomic E-state index is -0.342. The molecular formula is C28H29N3O3S. The summed E-state index contributed by atoms with van der Waals surface area (Å²) in [7, 11) is 1.75. The topological polar surface area (TPSA) is 63.9 Å². The van der Waals surface area contributed by atoms with Gasteiger partial charge in [0.05, 0.1) is 22.8 Å². The molecule has 1 aliphatic rings. The lowest BCUT2D eigenvalue weighted by molar-refractivity contribution is -0.121. The van der Waals surface area contributed by atoms with Crippen LogP contribution in [-0.4, -0.2) is 40.2 Å². The molecule has 6 nitrogen and oxygen atoms in total. The Balaban J connectivity index is 1.66. The second-order valence-electron chi connectivity index (χ2n) is 8.57. The normalized spacial score (nSPS) is 15.9. The van der Waals surface area contributed by atoms with E-state index in [0.29, 0.717) is 22.2 Å². The molecule has 0 N–H and O–H groups in total. The van der Waals surface area contributed by atoms with Gasteiger partial charge in [-0.2, -0.15) is 0 Å². The number of likely N-dealkylation sites (N-methyl/N-ethyl adjacent to an activating group) is 1. The van der Waals surface area contributed by atoms with E-state index in [-0.39, 0.29) is 11.9 Å². The third-order valence-corrected chi connectivity index (χ3v) is 7.15. The molecule has 1 amide bonds. The van der Waals surface area contributed by atoms with Gasteiger partial charge in [0.2, 0.25) is 0 Å². The van der Waals surface area contributed by atoms with E-state index in [0.717, 1.165) is 28.3 Å². The van der Waals surface area contributed by atoms with Gasteiger partial charge >= 0.3 is 5.97 Å². The monoisotopic (exact) mass is 487 g/mol. The lowest BCUT2D eigenvalue weighted by atomic mass is 10.1. The average Bonchev–Trinajstić information content (AvgIpc) is 3.26. The molecule has 2 heterocycles. The van der Waals surface area contributed by atoms with E-state index in [1.165, 1.54) is 22.9 Å². The minimum absolute atomic E-state index is 0.0771. The number of carbonyl (C=O) groups excluding carboxylic acids is 2. The van der Waals surface area contributed by atoms with Crippen LogP contribution in [0.2, 0.25) is 0 Å². The average molecular weight is 488 g/mol. The van der Waals surface area contributed by atoms with E-state index < -0.39 is 0 Å². The molecule has 3 aromatic rings. The Kier molecular flexibility index (Phi) is 6.98. The van der Waals surface area contributed by atoms with E-state index in [1.807, 2.05) is 62.4 Å². The van der Waals surface area contributed by atoms with Crippen LogP contribution in [-0.2, 0) is 9.53 Å². The van der Waals surface area contributed by atoms with Gasteiger partial charge in [-0.25, -0.2) is 9.79 Å². The number of hydrogen-bond acceptors (Lipinski definition) is 5. The van der Waals surface area contributed by atoms with Crippen LogP contribution in [0.3, 0.4) is 0 Å². The predicted molar refractivity (Wildman–Crippen MR) is 143 cm³/mol. The summed E-state index contributed by atoms with van der Waals surface area (Å²) < 4.78 is 7.22. The highest BCUT2D eigenvalue weighted by molar-refractivity contribution is 8.18. The molecular weight excluding hydrogens is 458 g/mol. The summed E-state index contributed by atoms with van der Waals surface area (Å²) in [4.78, 5) is 32.1. The van der Waals surface area contributed by atoms with Crippen molar-refractivity contribution in [2.75, 3.05) is 13.7 Å². The van der Waals surface area contributed by atoms with Gasteiger partial charge in [0, 0.05) is 24.1 Å². The number of benzene rings is 2. The van der Waals surface area contributed by atoms with Crippen LogP contribution in [0, 0.1) is 27.7 Å². The first kappa shape index (κ1) is 24.5. The quantitative estimate of drug-likeness (QED) is 0.321. The number of amidine groups is 1. The number of rotatable bonds is 5. The third-order valence-electron chi connectivity index (χ3n) is 6.09. The standard InChI is InChI=1S/C28H29N3O3S/c1-7-34-27(33)21-9-8-10-24(15-21)31-19(4)14-22(20(31)5)16-25-26(32)30(6)28(35-25)29-23-12-11-17(2)18(3)13-23/h8-16H,7H2,1-6H3/b25-16-,29-28?. The smallest absolute Gasteiger partial charge is 0.338 e. The van der Waals surface area contributed by atoms with E-state index in [1.54, 1.807) is 24.9 Å². The summed E-state index contributed by atoms with van der Waals surface area (Å²) in [6.45, 7) is 10.3. The van der Waals surface area contributed by atoms with E-state index in [2.05, 4.69) is 18.4 Å². The number of aryl methyl sites for hydroxylation is 3. The van der Waals surface area contributed by atoms with Gasteiger partial charge in [-0.15, -0.1) is 0 Å². The molecule has 1 fully saturated rings. The summed E-state index contributed by atoms with van der Waals surface area (Å²) in [6.07, 6.45) is 1.92. The van der Waals surface area contributed by atoms with Crippen molar-refractivity contribution in [2.45, 2.75) is 34.6 Å². The Morgan fingerprint density at radius 3 is 2.54 bits per heavy atom. The zero-order valence-electron chi connectivity index (χ0n) is 20.9. The Hall–Kier alpha value is -3.58. The molecule has 7 heteroatoms. The number of aliphatic imine (C=N–C) groups is 1. The Bertz CT molecular complexity index is 1380. The van der Waals surface area contributed by atoms with Crippen LogP contribution in [0.4, 0.5) is 5.69 Å². The highest BCUT2D eigenvalue weighted by atomic mass is 32.2. The van der Waals surface area contributed by atoms with Gasteiger partial charge in [-0.05, 0) is 106 Å². The summed E-state index contributed by atoms with van der Waals surface area (Å²) in [5.41, 5.74) is 7.51. The van der Waals surface area contributed by atoms with Gasteiger partial charge in [-0.1, -0.05) is 12.1 Å². The second kappa shape index (κ2) is 9.96. The molecule has 1 aromatic heterocycles. The van der Waals surface area contributed by atoms with Gasteiger partial charge < -0.3 is 9.30 Å². The van der Waals surface area contributed by atoms with Crippen LogP contribution in [0.1, 0.15) is 45.4 Å². The summed E-state index contributed by atoms with van der Waals surface area (Å²) in [5, 5.41) is 0.653. The zero-order chi connectivity index (χ0) is 25.3. The van der Waals surface area contributed by atoms with Gasteiger partial charge in [0.15, 0.2) is 5.17 Å². The van der Waals surface area contributed by atoms with Gasteiger partial charge in [0.25, 0.3) is 5.91 Å². The molecule has 1 saturated heterocycles. The first-order valence-electron chi connectivity index (χ1n) is 11.5. The molecule has 0 saturated carbocycles. The maximum absolute atomic E-state index is 13.0. The third kappa shape index (κ3) is 4.95. The number of aromatic nitrogens is 1. The second-order valence-corrected chi connectivity index (χ2v) is 9.58. The Morgan fingerprint density at radius 1 is 1.06 bits per heavy atom. The minimum Gasteiger partial charge on any atom is -0.462 e. The van der Waals surface area contributed by atoms with Gasteiger partial charge in [0.1, 0.15) is 0 Å². The predicted octanol–water partition coefficient (Wildman–Crippen LogP) is 6.12. The molecule has 0 aliphatic carbocycles. The molecule has 4 rings (SSSR count). The largest absolute Gasteiger partial charge is 0.462 e. The van der Waals surface area contributed by atoms with Crippen LogP contribution < -0.4 is 0 Å². The summed E-state index contributed by atoms with van der Waals surface area (Å²) in [6, 6.07) is 15.5. The van der Waals surface area contributed by atoms with Crippen molar-refractivity contribution in [1.82, 2.24) is 9.47 Å². The Labute approximate surface area is 210 Å². The molecule has 35 heavy (non-hydrogen) atoms. The van der Waals surface area contributed by atoms with Crippen molar-refractivity contribution in [3.05, 3.63) is 87.1 Å². The van der Waals surface area contributed by atoms with Crippen LogP contribution in [0.5, 0.6) is 0 Å². The lowest BCUT2D eigenvalue weighted by Crippen LogP contribution is -2.23. The summed E-state index contributed by atoms with van der Waals surface area (Å²) >= 11 is 1.38. The van der Waals surface area contributed by atoms with Gasteiger partial charge in [-0.3, -0.25) is 9.69 Å². The fraction of sp³-hybridized carbons (Fsp3) is 0.250. The van der Waals surface area contributed by atoms with E-state index in [4.69, 9.17) is 9.73 Å². The van der Waals surface area contributed by atoms with E-state index in [9.17, 15) is 9.59 Å². The number of amides is 1. The lowest BCUT2D eigenvalue weighted by Gasteiger charge is -2.11. The molecule has 0 atom stereocenters. The first-order valence-corrected chi connectivity index (χ1v) is 12.3. The van der Waals surface area contributed by atoms with E-state index >= 15 is 0 Å². The maximum Gasteiger partial charge on any atom is 0.338 e. The van der Waals surface area contributed by atoms with Crippen LogP contribution in [0.15, 0.2) is 58.4 Å². The first-order chi connectivity index (χ1) is 16.7. The fourth-order valence-corrected chi connectivity index (χ4v) is 4.99. The van der Waals surface area contributed by atoms with Crippen molar-refractivity contribution in [3.63, 3.8) is 0 Å². The zero-order valence-corrected chi connectivity index (χ0v) is 21.7. The number of nitrogens with zero attached hydrogens (tertiary/aromatic N) is 3. The Morgan fingerprint density at radius 2 is 1.83 bits per heavy atom. The van der Waals surface area contributed by atoms with Crippen molar-refractivity contribution in [1.29, 1.82) is 0 Å². The van der Waals surface area contributed by atoms with Crippen LogP contribution in [0.25, 0.3) is 11.8 Å². The highest BCUT2D eigenvalue weighted by Crippen LogP contribution is 2.35. The maximum atomic E-state index is 13.0. The molecule has 0 unspecified atom stereocenters. The number of carbonyl (C=O) groups is 2. The molecule has 0 bridgehead atoms. The number of thioether (sulfide) groups is 1. The highest BCUT2D eigenvalue weighted by Gasteiger charge is 2.30. The SMILES string of the molecule is CCOC(=O)c1cccc(-n2c(C)cc(/C=C3\SC(=Nc4ccc(C)c(C)c4)N(C)C3=O)c2C)c1. The van der Waals surface area contributed by atoms with Crippen LogP contribution >= 0.6 is 11.8 Å². The molecule has 2 aromatic carbocycles. The van der Waals surface area contributed by atoms with Crippen molar-refractivity contribution in [3.8, 4) is 5.69 Å². The molecule has 0 radical (unpaired) electrons. The van der Waals surface area contributed by atoms with Crippen molar-refractivity contribution >= 4 is 40.6 Å². The molecule has 1 aliphatic heterocycles. The fourth-order valence-electron chi connectivity index (χ4n) is 4.02. The van der Waals surface area contributed by atoms with Crippen molar-refractivity contribution in [2.24, 2.45) is 4.99 Å².